The summed E-state index contributed by atoms with van der Waals surface area (Å²) in [6.45, 7) is 1.49. The number of likely N-dealkylation sites (tertiary alicyclic amines) is 1. The van der Waals surface area contributed by atoms with E-state index < -0.39 is 5.60 Å². The second-order valence-corrected chi connectivity index (χ2v) is 6.38. The number of ether oxygens (including phenoxy) is 1. The summed E-state index contributed by atoms with van der Waals surface area (Å²) in [5.74, 6) is -0.117. The third-order valence-corrected chi connectivity index (χ3v) is 4.64. The molecule has 2 saturated heterocycles. The van der Waals surface area contributed by atoms with Gasteiger partial charge in [-0.05, 0) is 0 Å². The Hall–Kier alpha value is -2.83. The Kier molecular flexibility index (Phi) is 3.30. The Bertz CT molecular complexity index is 788. The first-order chi connectivity index (χ1) is 11.6. The molecule has 4 rings (SSSR count). The van der Waals surface area contributed by atoms with Crippen molar-refractivity contribution in [1.29, 1.82) is 0 Å². The topological polar surface area (TPSA) is 78.5 Å². The van der Waals surface area contributed by atoms with E-state index in [1.54, 1.807) is 16.8 Å². The number of hydrogen-bond acceptors (Lipinski definition) is 4. The van der Waals surface area contributed by atoms with Crippen molar-refractivity contribution in [3.8, 4) is 11.3 Å². The molecule has 7 nitrogen and oxygen atoms in total. The molecule has 2 aliphatic rings. The molecule has 1 N–H and O–H groups in total. The van der Waals surface area contributed by atoms with Crippen LogP contribution in [0.5, 0.6) is 0 Å². The summed E-state index contributed by atoms with van der Waals surface area (Å²) in [6.07, 6.45) is 1.87. The van der Waals surface area contributed by atoms with Crippen molar-refractivity contribution < 1.29 is 14.3 Å². The minimum Gasteiger partial charge on any atom is -0.439 e. The summed E-state index contributed by atoms with van der Waals surface area (Å²) in [5.41, 5.74) is 1.43. The normalized spacial score (nSPS) is 23.1. The van der Waals surface area contributed by atoms with Crippen LogP contribution >= 0.6 is 0 Å². The maximum Gasteiger partial charge on any atom is 0.410 e. The Balaban J connectivity index is 1.56. The van der Waals surface area contributed by atoms with Crippen LogP contribution in [0.4, 0.5) is 4.79 Å². The number of nitrogens with zero attached hydrogens (tertiary/aromatic N) is 3. The highest BCUT2D eigenvalue weighted by atomic mass is 16.6. The maximum atomic E-state index is 12.9. The number of rotatable bonds is 2. The van der Waals surface area contributed by atoms with Gasteiger partial charge < -0.3 is 19.5 Å². The predicted octanol–water partition coefficient (Wildman–Crippen LogP) is 1.74. The number of carbonyl (C=O) groups excluding carboxylic acids is 2. The first-order valence-electron chi connectivity index (χ1n) is 7.90. The van der Waals surface area contributed by atoms with Gasteiger partial charge in [-0.25, -0.2) is 9.78 Å². The lowest BCUT2D eigenvalue weighted by Gasteiger charge is -2.21. The molecule has 24 heavy (non-hydrogen) atoms. The molecule has 1 unspecified atom stereocenters. The summed E-state index contributed by atoms with van der Waals surface area (Å²) in [7, 11) is 1.71. The van der Waals surface area contributed by atoms with E-state index in [2.05, 4.69) is 9.97 Å². The summed E-state index contributed by atoms with van der Waals surface area (Å²) in [5, 5.41) is 0. The van der Waals surface area contributed by atoms with Crippen molar-refractivity contribution in [2.45, 2.75) is 12.0 Å². The zero-order chi connectivity index (χ0) is 16.7. The molecular formula is C17H18N4O3. The van der Waals surface area contributed by atoms with Gasteiger partial charge in [0.2, 0.25) is 0 Å². The monoisotopic (exact) mass is 326 g/mol. The number of hydrogen-bond donors (Lipinski definition) is 1. The van der Waals surface area contributed by atoms with Gasteiger partial charge in [0.05, 0.1) is 19.4 Å². The van der Waals surface area contributed by atoms with Crippen molar-refractivity contribution in [2.75, 3.05) is 26.7 Å². The fourth-order valence-corrected chi connectivity index (χ4v) is 3.45. The molecule has 124 valence electrons. The number of H-pyrrole nitrogens is 1. The fraction of sp³-hybridized carbons (Fsp3) is 0.353. The molecule has 0 radical (unpaired) electrons. The third-order valence-electron chi connectivity index (χ3n) is 4.64. The number of nitrogens with one attached hydrogen (secondary N) is 1. The van der Waals surface area contributed by atoms with Crippen LogP contribution in [-0.2, 0) is 4.74 Å². The van der Waals surface area contributed by atoms with E-state index in [0.29, 0.717) is 37.4 Å². The van der Waals surface area contributed by atoms with Gasteiger partial charge in [0.25, 0.3) is 5.91 Å². The zero-order valence-electron chi connectivity index (χ0n) is 13.4. The van der Waals surface area contributed by atoms with Crippen LogP contribution < -0.4 is 0 Å². The SMILES string of the molecule is CN1CC2(CCN(C(=O)c3[nH]cnc3-c3ccccc3)C2)OC1=O. The van der Waals surface area contributed by atoms with E-state index in [-0.39, 0.29) is 12.0 Å². The number of likely N-dealkylation sites (N-methyl/N-ethyl adjacent to an activating group) is 1. The van der Waals surface area contributed by atoms with Gasteiger partial charge >= 0.3 is 6.09 Å². The van der Waals surface area contributed by atoms with Crippen LogP contribution in [0.15, 0.2) is 36.7 Å². The number of aromatic amines is 1. The predicted molar refractivity (Wildman–Crippen MR) is 86.4 cm³/mol. The first-order valence-corrected chi connectivity index (χ1v) is 7.90. The average Bonchev–Trinajstić information content (AvgIpc) is 3.28. The van der Waals surface area contributed by atoms with E-state index in [1.807, 2.05) is 30.3 Å². The van der Waals surface area contributed by atoms with E-state index in [0.717, 1.165) is 5.56 Å². The van der Waals surface area contributed by atoms with Crippen molar-refractivity contribution in [3.05, 3.63) is 42.4 Å². The lowest BCUT2D eigenvalue weighted by atomic mass is 10.0. The molecule has 2 aliphatic heterocycles. The molecule has 2 amide bonds. The fourth-order valence-electron chi connectivity index (χ4n) is 3.45. The zero-order valence-corrected chi connectivity index (χ0v) is 13.4. The van der Waals surface area contributed by atoms with Crippen molar-refractivity contribution in [1.82, 2.24) is 19.8 Å². The highest BCUT2D eigenvalue weighted by molar-refractivity contribution is 5.98. The van der Waals surface area contributed by atoms with Crippen LogP contribution in [-0.4, -0.2) is 64.1 Å². The van der Waals surface area contributed by atoms with Gasteiger partial charge in [-0.2, -0.15) is 0 Å². The van der Waals surface area contributed by atoms with Crippen LogP contribution in [0.3, 0.4) is 0 Å². The second-order valence-electron chi connectivity index (χ2n) is 6.38. The molecule has 1 aromatic carbocycles. The minimum atomic E-state index is -0.575. The van der Waals surface area contributed by atoms with Crippen molar-refractivity contribution in [3.63, 3.8) is 0 Å². The third kappa shape index (κ3) is 2.33. The Labute approximate surface area is 139 Å². The van der Waals surface area contributed by atoms with Gasteiger partial charge in [-0.3, -0.25) is 4.79 Å². The largest absolute Gasteiger partial charge is 0.439 e. The smallest absolute Gasteiger partial charge is 0.410 e. The highest BCUT2D eigenvalue weighted by Crippen LogP contribution is 2.33. The maximum absolute atomic E-state index is 12.9. The Morgan fingerprint density at radius 1 is 1.29 bits per heavy atom. The molecule has 0 saturated carbocycles. The van der Waals surface area contributed by atoms with Crippen LogP contribution in [0.2, 0.25) is 0 Å². The molecule has 7 heteroatoms. The summed E-state index contributed by atoms with van der Waals surface area (Å²) >= 11 is 0. The Morgan fingerprint density at radius 2 is 2.08 bits per heavy atom. The van der Waals surface area contributed by atoms with Gasteiger partial charge in [-0.15, -0.1) is 0 Å². The molecular weight excluding hydrogens is 308 g/mol. The Morgan fingerprint density at radius 3 is 2.79 bits per heavy atom. The van der Waals surface area contributed by atoms with E-state index >= 15 is 0 Å². The molecule has 1 atom stereocenters. The van der Waals surface area contributed by atoms with E-state index in [4.69, 9.17) is 4.74 Å². The lowest BCUT2D eigenvalue weighted by Crippen LogP contribution is -2.39. The molecule has 0 aliphatic carbocycles. The molecule has 3 heterocycles. The number of imidazole rings is 1. The van der Waals surface area contributed by atoms with Crippen molar-refractivity contribution >= 4 is 12.0 Å². The van der Waals surface area contributed by atoms with Gasteiger partial charge in [0, 0.05) is 25.6 Å². The summed E-state index contributed by atoms with van der Waals surface area (Å²) in [4.78, 5) is 35.1. The molecule has 1 spiro atoms. The van der Waals surface area contributed by atoms with Crippen LogP contribution in [0.25, 0.3) is 11.3 Å². The summed E-state index contributed by atoms with van der Waals surface area (Å²) in [6, 6.07) is 9.60. The van der Waals surface area contributed by atoms with Crippen LogP contribution in [0, 0.1) is 0 Å². The first kappa shape index (κ1) is 14.7. The van der Waals surface area contributed by atoms with Gasteiger partial charge in [0.15, 0.2) is 5.60 Å². The molecule has 2 fully saturated rings. The average molecular weight is 326 g/mol. The molecule has 0 bridgehead atoms. The quantitative estimate of drug-likeness (QED) is 0.912. The number of amides is 2. The number of benzene rings is 1. The van der Waals surface area contributed by atoms with E-state index in [9.17, 15) is 9.59 Å². The lowest BCUT2D eigenvalue weighted by molar-refractivity contribution is 0.0551. The minimum absolute atomic E-state index is 0.117. The second kappa shape index (κ2) is 5.36. The molecule has 2 aromatic rings. The van der Waals surface area contributed by atoms with Gasteiger partial charge in [-0.1, -0.05) is 30.3 Å². The molecule has 1 aromatic heterocycles. The standard InChI is InChI=1S/C17H18N4O3/c1-20-9-17(24-16(20)23)7-8-21(10-17)15(22)14-13(18-11-19-14)12-5-3-2-4-6-12/h2-6,11H,7-10H2,1H3,(H,18,19). The van der Waals surface area contributed by atoms with Crippen molar-refractivity contribution in [2.24, 2.45) is 0 Å². The highest BCUT2D eigenvalue weighted by Gasteiger charge is 2.49. The van der Waals surface area contributed by atoms with Crippen LogP contribution in [0.1, 0.15) is 16.9 Å². The van der Waals surface area contributed by atoms with Gasteiger partial charge in [0.1, 0.15) is 11.4 Å². The number of carbonyl (C=O) groups is 2. The summed E-state index contributed by atoms with van der Waals surface area (Å²) < 4.78 is 5.50. The van der Waals surface area contributed by atoms with E-state index in [1.165, 1.54) is 6.33 Å². The number of aromatic nitrogens is 2.